The van der Waals surface area contributed by atoms with Crippen LogP contribution in [0.15, 0.2) is 29.3 Å². The predicted molar refractivity (Wildman–Crippen MR) is 108 cm³/mol. The van der Waals surface area contributed by atoms with Crippen LogP contribution in [0.2, 0.25) is 0 Å². The number of aryl methyl sites for hydroxylation is 2. The average molecular weight is 373 g/mol. The van der Waals surface area contributed by atoms with E-state index in [9.17, 15) is 0 Å². The van der Waals surface area contributed by atoms with Crippen molar-refractivity contribution >= 4 is 17.3 Å². The van der Waals surface area contributed by atoms with E-state index in [1.54, 1.807) is 11.3 Å². The number of rotatable bonds is 7. The third kappa shape index (κ3) is 4.97. The Kier molecular flexibility index (Phi) is 6.50. The average Bonchev–Trinajstić information content (AvgIpc) is 2.92. The molecule has 6 heteroatoms. The van der Waals surface area contributed by atoms with Gasteiger partial charge >= 0.3 is 0 Å². The van der Waals surface area contributed by atoms with E-state index in [2.05, 4.69) is 35.5 Å². The molecule has 1 heterocycles. The molecule has 1 aromatic heterocycles. The molecule has 0 unspecified atom stereocenters. The highest BCUT2D eigenvalue weighted by atomic mass is 32.1. The van der Waals surface area contributed by atoms with E-state index < -0.39 is 0 Å². The van der Waals surface area contributed by atoms with Crippen molar-refractivity contribution in [2.24, 2.45) is 4.99 Å². The van der Waals surface area contributed by atoms with Crippen molar-refractivity contribution in [3.63, 3.8) is 0 Å². The molecule has 0 atom stereocenters. The number of thiazole rings is 1. The lowest BCUT2D eigenvalue weighted by Gasteiger charge is -2.27. The van der Waals surface area contributed by atoms with Gasteiger partial charge in [-0.1, -0.05) is 18.2 Å². The number of benzene rings is 1. The fourth-order valence-corrected chi connectivity index (χ4v) is 3.57. The Morgan fingerprint density at radius 1 is 1.27 bits per heavy atom. The van der Waals surface area contributed by atoms with Crippen LogP contribution in [0, 0.1) is 13.8 Å². The summed E-state index contributed by atoms with van der Waals surface area (Å²) in [6.07, 6.45) is 3.97. The maximum Gasteiger partial charge on any atom is 0.191 e. The zero-order chi connectivity index (χ0) is 18.4. The van der Waals surface area contributed by atoms with Gasteiger partial charge in [0.1, 0.15) is 10.8 Å². The number of para-hydroxylation sites is 1. The lowest BCUT2D eigenvalue weighted by atomic mass is 9.96. The zero-order valence-corrected chi connectivity index (χ0v) is 16.7. The van der Waals surface area contributed by atoms with Crippen LogP contribution in [-0.2, 0) is 13.1 Å². The third-order valence-corrected chi connectivity index (χ3v) is 5.62. The Hall–Kier alpha value is -2.08. The van der Waals surface area contributed by atoms with Crippen LogP contribution < -0.4 is 15.4 Å². The summed E-state index contributed by atoms with van der Waals surface area (Å²) in [7, 11) is 0. The molecule has 0 aliphatic heterocycles. The van der Waals surface area contributed by atoms with Gasteiger partial charge in [-0.2, -0.15) is 0 Å². The summed E-state index contributed by atoms with van der Waals surface area (Å²) < 4.78 is 6.10. The Morgan fingerprint density at radius 2 is 2.08 bits per heavy atom. The molecule has 0 amide bonds. The minimum absolute atomic E-state index is 0.378. The number of nitrogens with one attached hydrogen (secondary N) is 2. The first-order chi connectivity index (χ1) is 12.7. The second kappa shape index (κ2) is 9.03. The molecule has 26 heavy (non-hydrogen) atoms. The molecule has 5 nitrogen and oxygen atoms in total. The highest BCUT2D eigenvalue weighted by Gasteiger charge is 2.20. The third-order valence-electron chi connectivity index (χ3n) is 4.55. The number of hydrogen-bond acceptors (Lipinski definition) is 4. The van der Waals surface area contributed by atoms with Gasteiger partial charge in [-0.15, -0.1) is 11.3 Å². The van der Waals surface area contributed by atoms with Gasteiger partial charge < -0.3 is 15.4 Å². The van der Waals surface area contributed by atoms with Gasteiger partial charge in [0.15, 0.2) is 5.96 Å². The smallest absolute Gasteiger partial charge is 0.191 e. The van der Waals surface area contributed by atoms with E-state index in [0.29, 0.717) is 19.2 Å². The summed E-state index contributed by atoms with van der Waals surface area (Å²) in [5, 5.41) is 7.76. The van der Waals surface area contributed by atoms with Crippen LogP contribution in [0.1, 0.15) is 47.3 Å². The first-order valence-corrected chi connectivity index (χ1v) is 10.2. The quantitative estimate of drug-likeness (QED) is 0.571. The van der Waals surface area contributed by atoms with E-state index in [0.717, 1.165) is 47.4 Å². The van der Waals surface area contributed by atoms with Crippen molar-refractivity contribution in [3.8, 4) is 5.75 Å². The molecule has 2 aromatic rings. The second-order valence-corrected chi connectivity index (χ2v) is 7.86. The monoisotopic (exact) mass is 372 g/mol. The molecule has 1 saturated carbocycles. The topological polar surface area (TPSA) is 58.5 Å². The summed E-state index contributed by atoms with van der Waals surface area (Å²) in [4.78, 5) is 10.6. The highest BCUT2D eigenvalue weighted by molar-refractivity contribution is 7.11. The number of guanidine groups is 1. The Bertz CT molecular complexity index is 733. The first kappa shape index (κ1) is 18.7. The SMILES string of the molecule is CCNC(=NCc1ccccc1OC1CCC1)NCc1nc(C)c(C)s1. The number of aromatic nitrogens is 1. The van der Waals surface area contributed by atoms with Crippen molar-refractivity contribution in [2.75, 3.05) is 6.54 Å². The largest absolute Gasteiger partial charge is 0.490 e. The minimum Gasteiger partial charge on any atom is -0.490 e. The molecule has 0 bridgehead atoms. The fourth-order valence-electron chi connectivity index (χ4n) is 2.70. The molecule has 0 radical (unpaired) electrons. The van der Waals surface area contributed by atoms with Gasteiger partial charge in [-0.25, -0.2) is 9.98 Å². The lowest BCUT2D eigenvalue weighted by molar-refractivity contribution is 0.119. The van der Waals surface area contributed by atoms with Gasteiger partial charge in [0, 0.05) is 17.0 Å². The molecule has 0 spiro atoms. The molecule has 2 N–H and O–H groups in total. The van der Waals surface area contributed by atoms with E-state index in [4.69, 9.17) is 9.73 Å². The normalized spacial score (nSPS) is 14.8. The van der Waals surface area contributed by atoms with Gasteiger partial charge in [-0.3, -0.25) is 0 Å². The predicted octanol–water partition coefficient (Wildman–Crippen LogP) is 3.95. The highest BCUT2D eigenvalue weighted by Crippen LogP contribution is 2.27. The zero-order valence-electron chi connectivity index (χ0n) is 15.8. The Balaban J connectivity index is 1.63. The van der Waals surface area contributed by atoms with Crippen LogP contribution in [0.25, 0.3) is 0 Å². The number of ether oxygens (including phenoxy) is 1. The molecule has 1 aliphatic rings. The maximum absolute atomic E-state index is 6.10. The standard InChI is InChI=1S/C20H28N4OS/c1-4-21-20(23-13-19-24-14(2)15(3)26-19)22-12-16-8-5-6-11-18(16)25-17-9-7-10-17/h5-6,8,11,17H,4,7,9-10,12-13H2,1-3H3,(H2,21,22,23). The van der Waals surface area contributed by atoms with E-state index in [-0.39, 0.29) is 0 Å². The van der Waals surface area contributed by atoms with Crippen LogP contribution in [0.4, 0.5) is 0 Å². The van der Waals surface area contributed by atoms with Gasteiger partial charge in [0.05, 0.1) is 24.9 Å². The van der Waals surface area contributed by atoms with Gasteiger partial charge in [0.25, 0.3) is 0 Å². The summed E-state index contributed by atoms with van der Waals surface area (Å²) in [6.45, 7) is 8.33. The number of aliphatic imine (C=N–C) groups is 1. The van der Waals surface area contributed by atoms with Crippen molar-refractivity contribution in [1.82, 2.24) is 15.6 Å². The summed E-state index contributed by atoms with van der Waals surface area (Å²) >= 11 is 1.73. The fraction of sp³-hybridized carbons (Fsp3) is 0.500. The van der Waals surface area contributed by atoms with Crippen molar-refractivity contribution < 1.29 is 4.74 Å². The van der Waals surface area contributed by atoms with Gasteiger partial charge in [-0.05, 0) is 46.1 Å². The van der Waals surface area contributed by atoms with Crippen LogP contribution in [-0.4, -0.2) is 23.6 Å². The molecule has 3 rings (SSSR count). The van der Waals surface area contributed by atoms with E-state index in [1.165, 1.54) is 11.3 Å². The van der Waals surface area contributed by atoms with Gasteiger partial charge in [0.2, 0.25) is 0 Å². The van der Waals surface area contributed by atoms with E-state index in [1.807, 2.05) is 25.1 Å². The van der Waals surface area contributed by atoms with Crippen LogP contribution in [0.5, 0.6) is 5.75 Å². The summed E-state index contributed by atoms with van der Waals surface area (Å²) in [5.41, 5.74) is 2.23. The maximum atomic E-state index is 6.10. The molecule has 1 aromatic carbocycles. The van der Waals surface area contributed by atoms with Crippen LogP contribution >= 0.6 is 11.3 Å². The second-order valence-electron chi connectivity index (χ2n) is 6.58. The van der Waals surface area contributed by atoms with Crippen molar-refractivity contribution in [2.45, 2.75) is 59.2 Å². The minimum atomic E-state index is 0.378. The molecule has 140 valence electrons. The summed E-state index contributed by atoms with van der Waals surface area (Å²) in [5.74, 6) is 1.76. The van der Waals surface area contributed by atoms with Crippen LogP contribution in [0.3, 0.4) is 0 Å². The van der Waals surface area contributed by atoms with Crippen molar-refractivity contribution in [3.05, 3.63) is 45.4 Å². The lowest BCUT2D eigenvalue weighted by Crippen LogP contribution is -2.36. The summed E-state index contributed by atoms with van der Waals surface area (Å²) in [6, 6.07) is 8.21. The molecule has 1 aliphatic carbocycles. The molecular weight excluding hydrogens is 344 g/mol. The Morgan fingerprint density at radius 3 is 2.73 bits per heavy atom. The molecule has 0 saturated heterocycles. The number of hydrogen-bond donors (Lipinski definition) is 2. The Labute approximate surface area is 159 Å². The molecule has 1 fully saturated rings. The van der Waals surface area contributed by atoms with E-state index >= 15 is 0 Å². The first-order valence-electron chi connectivity index (χ1n) is 9.35. The molecular formula is C20H28N4OS. The van der Waals surface area contributed by atoms with Crippen molar-refractivity contribution in [1.29, 1.82) is 0 Å². The number of nitrogens with zero attached hydrogens (tertiary/aromatic N) is 2.